The summed E-state index contributed by atoms with van der Waals surface area (Å²) in [6, 6.07) is 0.542. The van der Waals surface area contributed by atoms with Gasteiger partial charge in [-0.05, 0) is 60.9 Å². The molecule has 0 saturated heterocycles. The first-order chi connectivity index (χ1) is 6.51. The van der Waals surface area contributed by atoms with E-state index in [0.717, 1.165) is 6.54 Å². The quantitative estimate of drug-likeness (QED) is 0.752. The van der Waals surface area contributed by atoms with Gasteiger partial charge in [-0.15, -0.1) is 0 Å². The Bertz CT molecular complexity index is 174. The molecule has 0 aliphatic heterocycles. The average molecular weight is 214 g/mol. The summed E-state index contributed by atoms with van der Waals surface area (Å²) in [5.41, 5.74) is 0.422. The molecule has 15 heavy (non-hydrogen) atoms. The summed E-state index contributed by atoms with van der Waals surface area (Å²) in [6.07, 6.45) is 0. The van der Waals surface area contributed by atoms with Crippen molar-refractivity contribution in [3.8, 4) is 0 Å². The van der Waals surface area contributed by atoms with Crippen molar-refractivity contribution in [2.45, 2.75) is 72.5 Å². The summed E-state index contributed by atoms with van der Waals surface area (Å²) >= 11 is 0. The zero-order valence-electron chi connectivity index (χ0n) is 11.9. The zero-order chi connectivity index (χ0) is 12.3. The molecular formula is C13H30N2. The fourth-order valence-corrected chi connectivity index (χ4v) is 1.47. The van der Waals surface area contributed by atoms with E-state index in [1.807, 2.05) is 0 Å². The lowest BCUT2D eigenvalue weighted by molar-refractivity contribution is 0.282. The second-order valence-corrected chi connectivity index (χ2v) is 6.79. The van der Waals surface area contributed by atoms with Gasteiger partial charge in [0.1, 0.15) is 0 Å². The van der Waals surface area contributed by atoms with Crippen LogP contribution in [-0.2, 0) is 0 Å². The maximum atomic E-state index is 3.62. The van der Waals surface area contributed by atoms with Crippen LogP contribution in [0, 0.1) is 5.92 Å². The Morgan fingerprint density at radius 1 is 0.867 bits per heavy atom. The first-order valence-corrected chi connectivity index (χ1v) is 6.04. The summed E-state index contributed by atoms with van der Waals surface area (Å²) in [5.74, 6) is 0.642. The highest BCUT2D eigenvalue weighted by Gasteiger charge is 2.19. The topological polar surface area (TPSA) is 24.1 Å². The van der Waals surface area contributed by atoms with Crippen molar-refractivity contribution in [1.29, 1.82) is 0 Å². The molecule has 2 heteroatoms. The molecule has 0 aromatic rings. The van der Waals surface area contributed by atoms with Gasteiger partial charge in [0.25, 0.3) is 0 Å². The Labute approximate surface area is 96.2 Å². The van der Waals surface area contributed by atoms with E-state index < -0.39 is 0 Å². The van der Waals surface area contributed by atoms with E-state index in [9.17, 15) is 0 Å². The number of hydrogen-bond acceptors (Lipinski definition) is 2. The van der Waals surface area contributed by atoms with Crippen LogP contribution in [0.1, 0.15) is 55.4 Å². The van der Waals surface area contributed by atoms with Crippen LogP contribution in [0.4, 0.5) is 0 Å². The van der Waals surface area contributed by atoms with Crippen LogP contribution in [0.5, 0.6) is 0 Å². The summed E-state index contributed by atoms with van der Waals surface area (Å²) in [4.78, 5) is 0. The van der Waals surface area contributed by atoms with Crippen LogP contribution in [0.25, 0.3) is 0 Å². The summed E-state index contributed by atoms with van der Waals surface area (Å²) < 4.78 is 0. The van der Waals surface area contributed by atoms with Crippen molar-refractivity contribution >= 4 is 0 Å². The molecule has 0 saturated carbocycles. The molecule has 0 spiro atoms. The predicted molar refractivity (Wildman–Crippen MR) is 69.3 cm³/mol. The number of rotatable bonds is 4. The highest BCUT2D eigenvalue weighted by atomic mass is 15.0. The van der Waals surface area contributed by atoms with Gasteiger partial charge < -0.3 is 10.6 Å². The van der Waals surface area contributed by atoms with Crippen molar-refractivity contribution < 1.29 is 0 Å². The van der Waals surface area contributed by atoms with E-state index in [-0.39, 0.29) is 11.1 Å². The molecule has 0 aromatic heterocycles. The third-order valence-corrected chi connectivity index (χ3v) is 2.47. The summed E-state index contributed by atoms with van der Waals surface area (Å²) in [6.45, 7) is 18.9. The second kappa shape index (κ2) is 5.31. The largest absolute Gasteiger partial charge is 0.312 e. The Hall–Kier alpha value is -0.0800. The van der Waals surface area contributed by atoms with E-state index in [2.05, 4.69) is 66.0 Å². The van der Waals surface area contributed by atoms with Crippen molar-refractivity contribution in [3.05, 3.63) is 0 Å². The van der Waals surface area contributed by atoms with Crippen LogP contribution < -0.4 is 10.6 Å². The predicted octanol–water partition coefficient (Wildman–Crippen LogP) is 2.79. The van der Waals surface area contributed by atoms with Crippen molar-refractivity contribution in [2.75, 3.05) is 6.54 Å². The van der Waals surface area contributed by atoms with E-state index in [4.69, 9.17) is 0 Å². The van der Waals surface area contributed by atoms with Gasteiger partial charge in [-0.2, -0.15) is 0 Å². The van der Waals surface area contributed by atoms with Gasteiger partial charge in [-0.1, -0.05) is 6.92 Å². The molecule has 0 heterocycles. The highest BCUT2D eigenvalue weighted by molar-refractivity contribution is 4.81. The van der Waals surface area contributed by atoms with E-state index in [0.29, 0.717) is 12.0 Å². The van der Waals surface area contributed by atoms with E-state index in [1.165, 1.54) is 0 Å². The molecule has 0 amide bonds. The van der Waals surface area contributed by atoms with Crippen molar-refractivity contribution in [3.63, 3.8) is 0 Å². The van der Waals surface area contributed by atoms with Gasteiger partial charge in [-0.25, -0.2) is 0 Å². The van der Waals surface area contributed by atoms with Crippen LogP contribution in [0.3, 0.4) is 0 Å². The molecule has 0 bridgehead atoms. The lowest BCUT2D eigenvalue weighted by atomic mass is 9.98. The summed E-state index contributed by atoms with van der Waals surface area (Å²) in [5, 5.41) is 7.16. The van der Waals surface area contributed by atoms with Crippen LogP contribution >= 0.6 is 0 Å². The first kappa shape index (κ1) is 14.9. The first-order valence-electron chi connectivity index (χ1n) is 6.04. The zero-order valence-corrected chi connectivity index (χ0v) is 11.9. The fourth-order valence-electron chi connectivity index (χ4n) is 1.47. The van der Waals surface area contributed by atoms with E-state index in [1.54, 1.807) is 0 Å². The molecule has 2 atom stereocenters. The van der Waals surface area contributed by atoms with Gasteiger partial charge in [-0.3, -0.25) is 0 Å². The van der Waals surface area contributed by atoms with Crippen LogP contribution in [0.15, 0.2) is 0 Å². The third kappa shape index (κ3) is 8.88. The Morgan fingerprint density at radius 2 is 1.33 bits per heavy atom. The van der Waals surface area contributed by atoms with Gasteiger partial charge in [0, 0.05) is 17.1 Å². The Kier molecular flexibility index (Phi) is 5.28. The average Bonchev–Trinajstić information content (AvgIpc) is 1.95. The second-order valence-electron chi connectivity index (χ2n) is 6.79. The van der Waals surface area contributed by atoms with Gasteiger partial charge in [0.15, 0.2) is 0 Å². The molecule has 0 rings (SSSR count). The SMILES string of the molecule is CC(CNC(C)(C)C)C(C)NC(C)(C)C. The number of nitrogens with one attached hydrogen (secondary N) is 2. The summed E-state index contributed by atoms with van der Waals surface area (Å²) in [7, 11) is 0. The minimum atomic E-state index is 0.204. The molecule has 2 nitrogen and oxygen atoms in total. The lowest BCUT2D eigenvalue weighted by Crippen LogP contribution is -2.49. The Balaban J connectivity index is 3.95. The minimum Gasteiger partial charge on any atom is -0.312 e. The van der Waals surface area contributed by atoms with Crippen molar-refractivity contribution in [2.24, 2.45) is 5.92 Å². The minimum absolute atomic E-state index is 0.204. The Morgan fingerprint density at radius 3 is 1.67 bits per heavy atom. The maximum Gasteiger partial charge on any atom is 0.00991 e. The lowest BCUT2D eigenvalue weighted by Gasteiger charge is -2.32. The fraction of sp³-hybridized carbons (Fsp3) is 1.00. The maximum absolute atomic E-state index is 3.62. The standard InChI is InChI=1S/C13H30N2/c1-10(9-14-12(3,4)5)11(2)15-13(6,7)8/h10-11,14-15H,9H2,1-8H3. The van der Waals surface area contributed by atoms with Gasteiger partial charge in [0.2, 0.25) is 0 Å². The molecule has 0 aromatic carbocycles. The molecule has 0 radical (unpaired) electrons. The van der Waals surface area contributed by atoms with Crippen LogP contribution in [0.2, 0.25) is 0 Å². The van der Waals surface area contributed by atoms with Gasteiger partial charge in [0.05, 0.1) is 0 Å². The third-order valence-electron chi connectivity index (χ3n) is 2.47. The highest BCUT2D eigenvalue weighted by Crippen LogP contribution is 2.09. The monoisotopic (exact) mass is 214 g/mol. The molecule has 92 valence electrons. The number of hydrogen-bond donors (Lipinski definition) is 2. The molecule has 0 aliphatic rings. The molecule has 2 N–H and O–H groups in total. The van der Waals surface area contributed by atoms with Crippen LogP contribution in [-0.4, -0.2) is 23.7 Å². The normalized spacial score (nSPS) is 17.6. The molecule has 2 unspecified atom stereocenters. The molecule has 0 fully saturated rings. The smallest absolute Gasteiger partial charge is 0.00991 e. The van der Waals surface area contributed by atoms with E-state index >= 15 is 0 Å². The van der Waals surface area contributed by atoms with Gasteiger partial charge >= 0.3 is 0 Å². The molecule has 0 aliphatic carbocycles. The molecular weight excluding hydrogens is 184 g/mol. The van der Waals surface area contributed by atoms with Crippen molar-refractivity contribution in [1.82, 2.24) is 10.6 Å².